The molecule has 1 aromatic rings. The standard InChI is InChI=1S/C19H30N2O4/c1-6-8-10-21-15(9-7-2)13(5)11-14(18(21)23)17(22)20-16(12(3)4)19(24)25/h11-12,16H,6-10H2,1-5H3,(H,20,22)(H,24,25)/t16-/m0/s1. The Morgan fingerprint density at radius 1 is 1.24 bits per heavy atom. The van der Waals surface area contributed by atoms with Crippen molar-refractivity contribution < 1.29 is 14.7 Å². The monoisotopic (exact) mass is 350 g/mol. The second kappa shape index (κ2) is 9.39. The van der Waals surface area contributed by atoms with Crippen LogP contribution >= 0.6 is 0 Å². The number of aliphatic carboxylic acids is 1. The molecule has 0 bridgehead atoms. The van der Waals surface area contributed by atoms with Crippen LogP contribution in [-0.2, 0) is 17.8 Å². The molecule has 0 fully saturated rings. The summed E-state index contributed by atoms with van der Waals surface area (Å²) in [6.45, 7) is 9.99. The molecule has 2 N–H and O–H groups in total. The Morgan fingerprint density at radius 3 is 2.36 bits per heavy atom. The lowest BCUT2D eigenvalue weighted by Gasteiger charge is -2.20. The number of hydrogen-bond acceptors (Lipinski definition) is 3. The molecule has 140 valence electrons. The summed E-state index contributed by atoms with van der Waals surface area (Å²) in [5.74, 6) is -2.00. The molecule has 0 spiro atoms. The molecule has 6 heteroatoms. The molecule has 6 nitrogen and oxygen atoms in total. The zero-order valence-electron chi connectivity index (χ0n) is 15.9. The molecule has 0 aliphatic rings. The molecule has 0 radical (unpaired) electrons. The molecule has 0 saturated heterocycles. The summed E-state index contributed by atoms with van der Waals surface area (Å²) in [6.07, 6.45) is 3.48. The van der Waals surface area contributed by atoms with Crippen molar-refractivity contribution in [2.75, 3.05) is 0 Å². The fraction of sp³-hybridized carbons (Fsp3) is 0.632. The van der Waals surface area contributed by atoms with Crippen molar-refractivity contribution >= 4 is 11.9 Å². The number of nitrogens with zero attached hydrogens (tertiary/aromatic N) is 1. The van der Waals surface area contributed by atoms with Gasteiger partial charge < -0.3 is 15.0 Å². The van der Waals surface area contributed by atoms with Gasteiger partial charge in [-0.2, -0.15) is 0 Å². The van der Waals surface area contributed by atoms with Crippen molar-refractivity contribution in [3.05, 3.63) is 33.2 Å². The third-order valence-corrected chi connectivity index (χ3v) is 4.30. The topological polar surface area (TPSA) is 88.4 Å². The number of nitrogens with one attached hydrogen (secondary N) is 1. The first-order chi connectivity index (χ1) is 11.7. The minimum atomic E-state index is -1.10. The highest BCUT2D eigenvalue weighted by Gasteiger charge is 2.26. The van der Waals surface area contributed by atoms with Crippen LogP contribution in [0.2, 0.25) is 0 Å². The quantitative estimate of drug-likeness (QED) is 0.717. The van der Waals surface area contributed by atoms with Gasteiger partial charge >= 0.3 is 5.97 Å². The Bertz CT molecular complexity index is 677. The summed E-state index contributed by atoms with van der Waals surface area (Å²) in [6, 6.07) is 0.566. The van der Waals surface area contributed by atoms with E-state index in [4.69, 9.17) is 0 Å². The van der Waals surface area contributed by atoms with E-state index in [-0.39, 0.29) is 17.0 Å². The molecule has 1 atom stereocenters. The summed E-state index contributed by atoms with van der Waals surface area (Å²) in [5, 5.41) is 11.7. The summed E-state index contributed by atoms with van der Waals surface area (Å²) < 4.78 is 1.68. The van der Waals surface area contributed by atoms with Crippen LogP contribution < -0.4 is 10.9 Å². The van der Waals surface area contributed by atoms with E-state index in [0.717, 1.165) is 36.9 Å². The second-order valence-corrected chi connectivity index (χ2v) is 6.78. The number of aryl methyl sites for hydroxylation is 1. The van der Waals surface area contributed by atoms with Crippen molar-refractivity contribution in [3.63, 3.8) is 0 Å². The number of aromatic nitrogens is 1. The van der Waals surface area contributed by atoms with Crippen molar-refractivity contribution in [2.24, 2.45) is 5.92 Å². The van der Waals surface area contributed by atoms with Crippen LogP contribution in [0, 0.1) is 12.8 Å². The Kier molecular flexibility index (Phi) is 7.87. The number of carboxylic acid groups (broad SMARTS) is 1. The van der Waals surface area contributed by atoms with E-state index in [2.05, 4.69) is 12.2 Å². The first-order valence-electron chi connectivity index (χ1n) is 9.01. The van der Waals surface area contributed by atoms with Gasteiger partial charge in [-0.25, -0.2) is 4.79 Å². The van der Waals surface area contributed by atoms with Gasteiger partial charge in [0.1, 0.15) is 11.6 Å². The number of pyridine rings is 1. The SMILES string of the molecule is CCCCn1c(CCC)c(C)cc(C(=O)N[C@H](C(=O)O)C(C)C)c1=O. The van der Waals surface area contributed by atoms with E-state index in [1.807, 2.05) is 13.8 Å². The van der Waals surface area contributed by atoms with Gasteiger partial charge in [0.15, 0.2) is 0 Å². The molecular weight excluding hydrogens is 320 g/mol. The third-order valence-electron chi connectivity index (χ3n) is 4.30. The molecular formula is C19H30N2O4. The van der Waals surface area contributed by atoms with Crippen molar-refractivity contribution in [3.8, 4) is 0 Å². The van der Waals surface area contributed by atoms with E-state index in [1.165, 1.54) is 0 Å². The summed E-state index contributed by atoms with van der Waals surface area (Å²) in [5.41, 5.74) is 1.52. The molecule has 1 heterocycles. The maximum atomic E-state index is 12.8. The maximum absolute atomic E-state index is 12.8. The molecule has 0 aromatic carbocycles. The third kappa shape index (κ3) is 5.18. The Balaban J connectivity index is 3.31. The zero-order chi connectivity index (χ0) is 19.1. The van der Waals surface area contributed by atoms with Crippen LogP contribution in [0.15, 0.2) is 10.9 Å². The molecule has 0 unspecified atom stereocenters. The van der Waals surface area contributed by atoms with Gasteiger partial charge in [0.05, 0.1) is 0 Å². The minimum absolute atomic E-state index is 0.0142. The second-order valence-electron chi connectivity index (χ2n) is 6.78. The molecule has 1 rings (SSSR count). The number of carbonyl (C=O) groups excluding carboxylic acids is 1. The average Bonchev–Trinajstić information content (AvgIpc) is 2.54. The predicted octanol–water partition coefficient (Wildman–Crippen LogP) is 2.75. The van der Waals surface area contributed by atoms with E-state index in [9.17, 15) is 19.5 Å². The highest BCUT2D eigenvalue weighted by Crippen LogP contribution is 2.12. The lowest BCUT2D eigenvalue weighted by atomic mass is 10.0. The normalized spacial score (nSPS) is 12.2. The van der Waals surface area contributed by atoms with Gasteiger partial charge in [0.25, 0.3) is 11.5 Å². The van der Waals surface area contributed by atoms with E-state index < -0.39 is 17.9 Å². The molecule has 1 aromatic heterocycles. The summed E-state index contributed by atoms with van der Waals surface area (Å²) >= 11 is 0. The van der Waals surface area contributed by atoms with Crippen LogP contribution in [0.3, 0.4) is 0 Å². The van der Waals surface area contributed by atoms with Crippen LogP contribution in [-0.4, -0.2) is 27.6 Å². The number of carbonyl (C=O) groups is 2. The summed E-state index contributed by atoms with van der Waals surface area (Å²) in [4.78, 5) is 36.7. The van der Waals surface area contributed by atoms with Gasteiger partial charge in [-0.05, 0) is 37.3 Å². The molecule has 0 saturated carbocycles. The highest BCUT2D eigenvalue weighted by atomic mass is 16.4. The molecule has 1 amide bonds. The smallest absolute Gasteiger partial charge is 0.326 e. The van der Waals surface area contributed by atoms with Crippen LogP contribution in [0.1, 0.15) is 68.6 Å². The van der Waals surface area contributed by atoms with Gasteiger partial charge in [-0.15, -0.1) is 0 Å². The van der Waals surface area contributed by atoms with Crippen molar-refractivity contribution in [2.45, 2.75) is 72.9 Å². The number of amides is 1. The first kappa shape index (κ1) is 20.9. The number of carboxylic acids is 1. The van der Waals surface area contributed by atoms with E-state index >= 15 is 0 Å². The first-order valence-corrected chi connectivity index (χ1v) is 9.01. The fourth-order valence-corrected chi connectivity index (χ4v) is 2.86. The number of unbranched alkanes of at least 4 members (excludes halogenated alkanes) is 1. The molecule has 0 aliphatic heterocycles. The minimum Gasteiger partial charge on any atom is -0.480 e. The van der Waals surface area contributed by atoms with E-state index in [1.54, 1.807) is 24.5 Å². The van der Waals surface area contributed by atoms with Gasteiger partial charge in [0, 0.05) is 12.2 Å². The highest BCUT2D eigenvalue weighted by molar-refractivity contribution is 5.96. The Hall–Kier alpha value is -2.11. The molecule has 25 heavy (non-hydrogen) atoms. The van der Waals surface area contributed by atoms with Gasteiger partial charge in [-0.3, -0.25) is 9.59 Å². The molecule has 0 aliphatic carbocycles. The lowest BCUT2D eigenvalue weighted by Crippen LogP contribution is -2.46. The number of rotatable bonds is 9. The van der Waals surface area contributed by atoms with Crippen molar-refractivity contribution in [1.29, 1.82) is 0 Å². The Labute approximate surface area is 149 Å². The van der Waals surface area contributed by atoms with E-state index in [0.29, 0.717) is 6.54 Å². The lowest BCUT2D eigenvalue weighted by molar-refractivity contribution is -0.140. The fourth-order valence-electron chi connectivity index (χ4n) is 2.86. The van der Waals surface area contributed by atoms with Gasteiger partial charge in [0.2, 0.25) is 0 Å². The van der Waals surface area contributed by atoms with Crippen LogP contribution in [0.25, 0.3) is 0 Å². The van der Waals surface area contributed by atoms with Crippen molar-refractivity contribution in [1.82, 2.24) is 9.88 Å². The maximum Gasteiger partial charge on any atom is 0.326 e. The summed E-state index contributed by atoms with van der Waals surface area (Å²) in [7, 11) is 0. The average molecular weight is 350 g/mol. The van der Waals surface area contributed by atoms with Gasteiger partial charge in [-0.1, -0.05) is 40.5 Å². The largest absolute Gasteiger partial charge is 0.480 e. The predicted molar refractivity (Wildman–Crippen MR) is 98.1 cm³/mol. The Morgan fingerprint density at radius 2 is 1.88 bits per heavy atom. The zero-order valence-corrected chi connectivity index (χ0v) is 15.9. The van der Waals surface area contributed by atoms with Crippen LogP contribution in [0.5, 0.6) is 0 Å². The number of hydrogen-bond donors (Lipinski definition) is 2. The van der Waals surface area contributed by atoms with Crippen LogP contribution in [0.4, 0.5) is 0 Å².